The quantitative estimate of drug-likeness (QED) is 0.728. The molecule has 1 aromatic heterocycles. The second kappa shape index (κ2) is 4.70. The SMILES string of the molecule is CCc1nc2cc(N)ccc2n1-c1ccccc1Br. The van der Waals surface area contributed by atoms with Crippen molar-refractivity contribution in [1.29, 1.82) is 0 Å². The minimum absolute atomic E-state index is 0.743. The minimum atomic E-state index is 0.743. The predicted molar refractivity (Wildman–Crippen MR) is 82.6 cm³/mol. The Morgan fingerprint density at radius 2 is 2.00 bits per heavy atom. The maximum Gasteiger partial charge on any atom is 0.114 e. The third-order valence-corrected chi connectivity index (χ3v) is 3.83. The first-order chi connectivity index (χ1) is 9.20. The van der Waals surface area contributed by atoms with Crippen molar-refractivity contribution in [3.63, 3.8) is 0 Å². The summed E-state index contributed by atoms with van der Waals surface area (Å²) in [6, 6.07) is 14.0. The normalized spacial score (nSPS) is 11.1. The number of imidazole rings is 1. The molecule has 4 heteroatoms. The monoisotopic (exact) mass is 315 g/mol. The van der Waals surface area contributed by atoms with Crippen LogP contribution >= 0.6 is 15.9 Å². The zero-order valence-corrected chi connectivity index (χ0v) is 12.2. The summed E-state index contributed by atoms with van der Waals surface area (Å²) in [5, 5.41) is 0. The number of para-hydroxylation sites is 1. The Morgan fingerprint density at radius 1 is 1.21 bits per heavy atom. The van der Waals surface area contributed by atoms with Crippen molar-refractivity contribution >= 4 is 32.7 Å². The van der Waals surface area contributed by atoms with Crippen molar-refractivity contribution in [1.82, 2.24) is 9.55 Å². The molecule has 0 aliphatic carbocycles. The summed E-state index contributed by atoms with van der Waals surface area (Å²) in [7, 11) is 0. The van der Waals surface area contributed by atoms with Gasteiger partial charge < -0.3 is 5.73 Å². The molecule has 2 N–H and O–H groups in total. The van der Waals surface area contributed by atoms with E-state index in [1.54, 1.807) is 0 Å². The highest BCUT2D eigenvalue weighted by Crippen LogP contribution is 2.28. The summed E-state index contributed by atoms with van der Waals surface area (Å²) in [6.45, 7) is 2.11. The first-order valence-electron chi connectivity index (χ1n) is 6.22. The van der Waals surface area contributed by atoms with Gasteiger partial charge in [-0.25, -0.2) is 4.98 Å². The lowest BCUT2D eigenvalue weighted by molar-refractivity contribution is 0.905. The highest BCUT2D eigenvalue weighted by molar-refractivity contribution is 9.10. The Balaban J connectivity index is 2.36. The summed E-state index contributed by atoms with van der Waals surface area (Å²) in [5.41, 5.74) is 9.70. The minimum Gasteiger partial charge on any atom is -0.399 e. The van der Waals surface area contributed by atoms with Gasteiger partial charge in [0, 0.05) is 16.6 Å². The fourth-order valence-corrected chi connectivity index (χ4v) is 2.75. The fraction of sp³-hybridized carbons (Fsp3) is 0.133. The average molecular weight is 316 g/mol. The van der Waals surface area contributed by atoms with Gasteiger partial charge in [0.2, 0.25) is 0 Å². The standard InChI is InChI=1S/C15H14BrN3/c1-2-15-18-12-9-10(17)7-8-14(12)19(15)13-6-4-3-5-11(13)16/h3-9H,2,17H2,1H3. The van der Waals surface area contributed by atoms with Crippen molar-refractivity contribution in [2.45, 2.75) is 13.3 Å². The number of aryl methyl sites for hydroxylation is 1. The van der Waals surface area contributed by atoms with Crippen LogP contribution in [0.25, 0.3) is 16.7 Å². The number of aromatic nitrogens is 2. The van der Waals surface area contributed by atoms with Crippen LogP contribution in [0.3, 0.4) is 0 Å². The van der Waals surface area contributed by atoms with Gasteiger partial charge in [-0.15, -0.1) is 0 Å². The largest absolute Gasteiger partial charge is 0.399 e. The first kappa shape index (κ1) is 12.2. The van der Waals surface area contributed by atoms with E-state index in [2.05, 4.69) is 38.5 Å². The van der Waals surface area contributed by atoms with Gasteiger partial charge in [-0.3, -0.25) is 4.57 Å². The number of benzene rings is 2. The number of hydrogen-bond acceptors (Lipinski definition) is 2. The topological polar surface area (TPSA) is 43.8 Å². The molecule has 2 aromatic carbocycles. The Bertz CT molecular complexity index is 746. The first-order valence-corrected chi connectivity index (χ1v) is 7.01. The van der Waals surface area contributed by atoms with Crippen LogP contribution in [-0.4, -0.2) is 9.55 Å². The van der Waals surface area contributed by atoms with Crippen molar-refractivity contribution in [2.75, 3.05) is 5.73 Å². The molecule has 3 nitrogen and oxygen atoms in total. The molecule has 0 unspecified atom stereocenters. The molecule has 0 saturated carbocycles. The van der Waals surface area contributed by atoms with Gasteiger partial charge in [-0.05, 0) is 46.3 Å². The number of anilines is 1. The molecule has 19 heavy (non-hydrogen) atoms. The van der Waals surface area contributed by atoms with E-state index in [1.165, 1.54) is 0 Å². The van der Waals surface area contributed by atoms with Gasteiger partial charge in [0.1, 0.15) is 5.82 Å². The summed E-state index contributed by atoms with van der Waals surface area (Å²) >= 11 is 3.61. The van der Waals surface area contributed by atoms with E-state index < -0.39 is 0 Å². The van der Waals surface area contributed by atoms with Crippen LogP contribution in [0.4, 0.5) is 5.69 Å². The van der Waals surface area contributed by atoms with Crippen LogP contribution in [0.1, 0.15) is 12.7 Å². The van der Waals surface area contributed by atoms with E-state index in [0.29, 0.717) is 0 Å². The molecule has 0 amide bonds. The lowest BCUT2D eigenvalue weighted by Crippen LogP contribution is -2.00. The predicted octanol–water partition coefficient (Wildman–Crippen LogP) is 3.93. The molecule has 96 valence electrons. The molecule has 1 heterocycles. The summed E-state index contributed by atoms with van der Waals surface area (Å²) in [4.78, 5) is 4.67. The number of hydrogen-bond donors (Lipinski definition) is 1. The van der Waals surface area contributed by atoms with Crippen molar-refractivity contribution < 1.29 is 0 Å². The Kier molecular flexibility index (Phi) is 3.03. The maximum absolute atomic E-state index is 5.83. The third-order valence-electron chi connectivity index (χ3n) is 3.16. The number of nitrogens with two attached hydrogens (primary N) is 1. The third kappa shape index (κ3) is 2.02. The molecule has 3 aromatic rings. The number of fused-ring (bicyclic) bond motifs is 1. The molecule has 0 aliphatic rings. The van der Waals surface area contributed by atoms with Crippen molar-refractivity contribution in [3.05, 3.63) is 52.8 Å². The lowest BCUT2D eigenvalue weighted by atomic mass is 10.2. The molecule has 0 aliphatic heterocycles. The molecule has 3 rings (SSSR count). The van der Waals surface area contributed by atoms with Crippen molar-refractivity contribution in [2.24, 2.45) is 0 Å². The van der Waals surface area contributed by atoms with Crippen LogP contribution in [0, 0.1) is 0 Å². The van der Waals surface area contributed by atoms with E-state index in [1.807, 2.05) is 36.4 Å². The molecular weight excluding hydrogens is 302 g/mol. The fourth-order valence-electron chi connectivity index (χ4n) is 2.29. The van der Waals surface area contributed by atoms with E-state index in [-0.39, 0.29) is 0 Å². The Labute approximate surface area is 120 Å². The van der Waals surface area contributed by atoms with E-state index in [0.717, 1.165) is 39.1 Å². The van der Waals surface area contributed by atoms with Crippen LogP contribution < -0.4 is 5.73 Å². The molecule has 0 fully saturated rings. The molecule has 0 bridgehead atoms. The Morgan fingerprint density at radius 3 is 2.74 bits per heavy atom. The van der Waals surface area contributed by atoms with Gasteiger partial charge in [0.05, 0.1) is 16.7 Å². The molecular formula is C15H14BrN3. The van der Waals surface area contributed by atoms with Gasteiger partial charge >= 0.3 is 0 Å². The summed E-state index contributed by atoms with van der Waals surface area (Å²) in [6.07, 6.45) is 0.871. The molecule has 0 saturated heterocycles. The summed E-state index contributed by atoms with van der Waals surface area (Å²) < 4.78 is 3.24. The van der Waals surface area contributed by atoms with E-state index in [4.69, 9.17) is 5.73 Å². The number of nitrogens with zero attached hydrogens (tertiary/aromatic N) is 2. The smallest absolute Gasteiger partial charge is 0.114 e. The lowest BCUT2D eigenvalue weighted by Gasteiger charge is -2.10. The average Bonchev–Trinajstić information content (AvgIpc) is 2.76. The van der Waals surface area contributed by atoms with Crippen molar-refractivity contribution in [3.8, 4) is 5.69 Å². The maximum atomic E-state index is 5.83. The van der Waals surface area contributed by atoms with Gasteiger partial charge in [-0.2, -0.15) is 0 Å². The molecule has 0 atom stereocenters. The zero-order chi connectivity index (χ0) is 13.4. The highest BCUT2D eigenvalue weighted by atomic mass is 79.9. The number of halogens is 1. The van der Waals surface area contributed by atoms with Gasteiger partial charge in [-0.1, -0.05) is 19.1 Å². The van der Waals surface area contributed by atoms with Gasteiger partial charge in [0.25, 0.3) is 0 Å². The summed E-state index contributed by atoms with van der Waals surface area (Å²) in [5.74, 6) is 1.03. The molecule has 0 spiro atoms. The van der Waals surface area contributed by atoms with Crippen LogP contribution in [0.2, 0.25) is 0 Å². The van der Waals surface area contributed by atoms with Crippen LogP contribution in [-0.2, 0) is 6.42 Å². The van der Waals surface area contributed by atoms with Crippen LogP contribution in [0.5, 0.6) is 0 Å². The van der Waals surface area contributed by atoms with Gasteiger partial charge in [0.15, 0.2) is 0 Å². The van der Waals surface area contributed by atoms with E-state index >= 15 is 0 Å². The Hall–Kier alpha value is -1.81. The second-order valence-electron chi connectivity index (χ2n) is 4.42. The number of nitrogen functional groups attached to an aromatic ring is 1. The van der Waals surface area contributed by atoms with E-state index in [9.17, 15) is 0 Å². The molecule has 0 radical (unpaired) electrons. The highest BCUT2D eigenvalue weighted by Gasteiger charge is 2.12. The van der Waals surface area contributed by atoms with Crippen LogP contribution in [0.15, 0.2) is 46.9 Å². The zero-order valence-electron chi connectivity index (χ0n) is 10.6. The number of rotatable bonds is 2. The second-order valence-corrected chi connectivity index (χ2v) is 5.27.